The third kappa shape index (κ3) is 4.34. The summed E-state index contributed by atoms with van der Waals surface area (Å²) < 4.78 is 18.6. The molecule has 0 aliphatic carbocycles. The Morgan fingerprint density at radius 2 is 2.28 bits per heavy atom. The normalized spacial score (nSPS) is 15.5. The molecule has 0 bridgehead atoms. The molecule has 0 saturated heterocycles. The molecule has 18 heavy (non-hydrogen) atoms. The van der Waals surface area contributed by atoms with Crippen LogP contribution in [-0.4, -0.2) is 18.2 Å². The number of nitrogens with zero attached hydrogens (tertiary/aromatic N) is 1. The van der Waals surface area contributed by atoms with Crippen LogP contribution in [0.5, 0.6) is 5.75 Å². The minimum Gasteiger partial charge on any atom is -0.491 e. The van der Waals surface area contributed by atoms with Crippen molar-refractivity contribution in [3.63, 3.8) is 0 Å². The molecule has 0 fully saturated rings. The van der Waals surface area contributed by atoms with Gasteiger partial charge in [-0.25, -0.2) is 4.39 Å². The minimum atomic E-state index is -0.624. The van der Waals surface area contributed by atoms with E-state index in [1.807, 2.05) is 20.8 Å². The van der Waals surface area contributed by atoms with Gasteiger partial charge in [0.2, 0.25) is 0 Å². The van der Waals surface area contributed by atoms with Crippen molar-refractivity contribution < 1.29 is 9.13 Å². The van der Waals surface area contributed by atoms with Crippen LogP contribution in [0, 0.1) is 17.1 Å². The van der Waals surface area contributed by atoms with Gasteiger partial charge in [-0.3, -0.25) is 5.32 Å². The van der Waals surface area contributed by atoms with E-state index in [9.17, 15) is 4.39 Å². The second-order valence-corrected chi connectivity index (χ2v) is 4.56. The molecule has 0 radical (unpaired) electrons. The fourth-order valence-electron chi connectivity index (χ4n) is 1.94. The molecule has 0 saturated carbocycles. The van der Waals surface area contributed by atoms with Crippen molar-refractivity contribution in [2.75, 3.05) is 6.54 Å². The van der Waals surface area contributed by atoms with Crippen molar-refractivity contribution in [3.8, 4) is 11.8 Å². The summed E-state index contributed by atoms with van der Waals surface area (Å²) in [5.41, 5.74) is -0.624. The number of nitrogens with one attached hydrogen (secondary N) is 1. The zero-order valence-corrected chi connectivity index (χ0v) is 11.0. The molecule has 0 aromatic heterocycles. The molecule has 0 aliphatic heterocycles. The third-order valence-corrected chi connectivity index (χ3v) is 2.64. The summed E-state index contributed by atoms with van der Waals surface area (Å²) in [5.74, 6) is 0.161. The summed E-state index contributed by atoms with van der Waals surface area (Å²) in [6, 6.07) is 8.26. The van der Waals surface area contributed by atoms with Crippen LogP contribution in [0.15, 0.2) is 24.3 Å². The van der Waals surface area contributed by atoms with Crippen molar-refractivity contribution in [1.82, 2.24) is 5.32 Å². The summed E-state index contributed by atoms with van der Waals surface area (Å²) in [6.07, 6.45) is 0.365. The molecular formula is C14H19FN2O. The lowest BCUT2D eigenvalue weighted by molar-refractivity contribution is 0.180. The van der Waals surface area contributed by atoms with Gasteiger partial charge in [-0.15, -0.1) is 0 Å². The van der Waals surface area contributed by atoms with Crippen LogP contribution >= 0.6 is 0 Å². The van der Waals surface area contributed by atoms with Crippen LogP contribution < -0.4 is 10.1 Å². The minimum absolute atomic E-state index is 0.171. The quantitative estimate of drug-likeness (QED) is 0.844. The smallest absolute Gasteiger partial charge is 0.126 e. The van der Waals surface area contributed by atoms with Gasteiger partial charge in [0.25, 0.3) is 0 Å². The molecule has 2 unspecified atom stereocenters. The molecule has 0 spiro atoms. The SMILES string of the molecule is CCNC(C)(C#N)CC(C)Oc1cccc(F)c1. The predicted octanol–water partition coefficient (Wildman–Crippen LogP) is 2.87. The van der Waals surface area contributed by atoms with Gasteiger partial charge in [-0.1, -0.05) is 13.0 Å². The van der Waals surface area contributed by atoms with Gasteiger partial charge >= 0.3 is 0 Å². The summed E-state index contributed by atoms with van der Waals surface area (Å²) in [6.45, 7) is 6.38. The fraction of sp³-hybridized carbons (Fsp3) is 0.500. The van der Waals surface area contributed by atoms with Crippen LogP contribution in [0.25, 0.3) is 0 Å². The maximum atomic E-state index is 13.0. The highest BCUT2D eigenvalue weighted by atomic mass is 19.1. The molecule has 1 aromatic carbocycles. The standard InChI is InChI=1S/C14H19FN2O/c1-4-17-14(3,10-16)9-11(2)18-13-7-5-6-12(15)8-13/h5-8,11,17H,4,9H2,1-3H3. The zero-order chi connectivity index (χ0) is 13.6. The number of nitriles is 1. The molecule has 1 N–H and O–H groups in total. The second kappa shape index (κ2) is 6.36. The first kappa shape index (κ1) is 14.5. The largest absolute Gasteiger partial charge is 0.491 e. The predicted molar refractivity (Wildman–Crippen MR) is 68.8 cm³/mol. The maximum Gasteiger partial charge on any atom is 0.126 e. The molecule has 0 amide bonds. The Balaban J connectivity index is 2.61. The highest BCUT2D eigenvalue weighted by Crippen LogP contribution is 2.18. The van der Waals surface area contributed by atoms with Crippen LogP contribution in [0.2, 0.25) is 0 Å². The lowest BCUT2D eigenvalue weighted by Gasteiger charge is -2.26. The van der Waals surface area contributed by atoms with Gasteiger partial charge in [0.05, 0.1) is 12.2 Å². The average Bonchev–Trinajstić information content (AvgIpc) is 2.29. The van der Waals surface area contributed by atoms with Crippen molar-refractivity contribution in [2.24, 2.45) is 0 Å². The molecule has 0 heterocycles. The van der Waals surface area contributed by atoms with Crippen molar-refractivity contribution in [1.29, 1.82) is 5.26 Å². The Morgan fingerprint density at radius 1 is 1.56 bits per heavy atom. The van der Waals surface area contributed by atoms with Gasteiger partial charge in [0.1, 0.15) is 17.1 Å². The van der Waals surface area contributed by atoms with Crippen molar-refractivity contribution >= 4 is 0 Å². The summed E-state index contributed by atoms with van der Waals surface area (Å²) >= 11 is 0. The molecule has 4 heteroatoms. The molecule has 98 valence electrons. The van der Waals surface area contributed by atoms with E-state index < -0.39 is 5.54 Å². The average molecular weight is 250 g/mol. The summed E-state index contributed by atoms with van der Waals surface area (Å²) in [5, 5.41) is 12.3. The third-order valence-electron chi connectivity index (χ3n) is 2.64. The Kier molecular flexibility index (Phi) is 5.11. The fourth-order valence-corrected chi connectivity index (χ4v) is 1.94. The lowest BCUT2D eigenvalue weighted by atomic mass is 9.96. The van der Waals surface area contributed by atoms with E-state index in [1.54, 1.807) is 12.1 Å². The van der Waals surface area contributed by atoms with E-state index >= 15 is 0 Å². The van der Waals surface area contributed by atoms with E-state index in [4.69, 9.17) is 10.00 Å². The van der Waals surface area contributed by atoms with Crippen LogP contribution in [0.4, 0.5) is 4.39 Å². The number of benzene rings is 1. The Bertz CT molecular complexity index is 430. The van der Waals surface area contributed by atoms with Gasteiger partial charge in [0, 0.05) is 12.5 Å². The number of ether oxygens (including phenoxy) is 1. The van der Waals surface area contributed by atoms with E-state index in [2.05, 4.69) is 11.4 Å². The molecular weight excluding hydrogens is 231 g/mol. The highest BCUT2D eigenvalue weighted by molar-refractivity contribution is 5.22. The first-order valence-electron chi connectivity index (χ1n) is 6.07. The van der Waals surface area contributed by atoms with Crippen LogP contribution in [0.3, 0.4) is 0 Å². The number of hydrogen-bond acceptors (Lipinski definition) is 3. The molecule has 1 aromatic rings. The number of halogens is 1. The molecule has 3 nitrogen and oxygen atoms in total. The van der Waals surface area contributed by atoms with Gasteiger partial charge in [0.15, 0.2) is 0 Å². The molecule has 2 atom stereocenters. The summed E-state index contributed by atoms with van der Waals surface area (Å²) in [7, 11) is 0. The van der Waals surface area contributed by atoms with E-state index in [0.717, 1.165) is 6.54 Å². The van der Waals surface area contributed by atoms with Crippen molar-refractivity contribution in [2.45, 2.75) is 38.8 Å². The van der Waals surface area contributed by atoms with Gasteiger partial charge in [-0.05, 0) is 32.5 Å². The zero-order valence-electron chi connectivity index (χ0n) is 11.0. The Hall–Kier alpha value is -1.60. The van der Waals surface area contributed by atoms with Gasteiger partial charge in [-0.2, -0.15) is 5.26 Å². The second-order valence-electron chi connectivity index (χ2n) is 4.56. The summed E-state index contributed by atoms with van der Waals surface area (Å²) in [4.78, 5) is 0. The number of hydrogen-bond donors (Lipinski definition) is 1. The lowest BCUT2D eigenvalue weighted by Crippen LogP contribution is -2.44. The van der Waals surface area contributed by atoms with Crippen molar-refractivity contribution in [3.05, 3.63) is 30.1 Å². The molecule has 1 rings (SSSR count). The van der Waals surface area contributed by atoms with Crippen LogP contribution in [0.1, 0.15) is 27.2 Å². The Morgan fingerprint density at radius 3 is 2.83 bits per heavy atom. The monoisotopic (exact) mass is 250 g/mol. The first-order chi connectivity index (χ1) is 8.49. The van der Waals surface area contributed by atoms with E-state index in [0.29, 0.717) is 12.2 Å². The first-order valence-corrected chi connectivity index (χ1v) is 6.07. The topological polar surface area (TPSA) is 45.0 Å². The van der Waals surface area contributed by atoms with E-state index in [1.165, 1.54) is 12.1 Å². The maximum absolute atomic E-state index is 13.0. The van der Waals surface area contributed by atoms with Gasteiger partial charge < -0.3 is 4.74 Å². The Labute approximate surface area is 108 Å². The molecule has 0 aliphatic rings. The highest BCUT2D eigenvalue weighted by Gasteiger charge is 2.26. The van der Waals surface area contributed by atoms with Crippen LogP contribution in [-0.2, 0) is 0 Å². The van der Waals surface area contributed by atoms with E-state index in [-0.39, 0.29) is 11.9 Å². The number of rotatable bonds is 6.